The van der Waals surface area contributed by atoms with Gasteiger partial charge in [-0.25, -0.2) is 4.39 Å². The number of carbonyl (C=O) groups excluding carboxylic acids is 1. The lowest BCUT2D eigenvalue weighted by Gasteiger charge is -2.13. The SMILES string of the molecule is COCCCn1cc(C(=O)c2cc(F)ccc2OCc2ccc(Cl)cc2)cc(C#N)c1=O. The molecule has 0 saturated heterocycles. The van der Waals surface area contributed by atoms with Crippen molar-refractivity contribution in [2.24, 2.45) is 0 Å². The summed E-state index contributed by atoms with van der Waals surface area (Å²) in [6, 6.07) is 13.7. The highest BCUT2D eigenvalue weighted by Gasteiger charge is 2.19. The van der Waals surface area contributed by atoms with E-state index in [2.05, 4.69) is 0 Å². The smallest absolute Gasteiger partial charge is 0.268 e. The first-order chi connectivity index (χ1) is 15.4. The second-order valence-electron chi connectivity index (χ2n) is 6.98. The van der Waals surface area contributed by atoms with Crippen LogP contribution in [0.5, 0.6) is 5.75 Å². The molecule has 0 spiro atoms. The highest BCUT2D eigenvalue weighted by molar-refractivity contribution is 6.30. The molecule has 0 aliphatic heterocycles. The van der Waals surface area contributed by atoms with Gasteiger partial charge in [0.05, 0.1) is 5.56 Å². The van der Waals surface area contributed by atoms with Crippen LogP contribution in [0.15, 0.2) is 59.5 Å². The van der Waals surface area contributed by atoms with Gasteiger partial charge in [0, 0.05) is 37.0 Å². The number of aryl methyl sites for hydroxylation is 1. The van der Waals surface area contributed by atoms with Gasteiger partial charge in [0.2, 0.25) is 0 Å². The van der Waals surface area contributed by atoms with Crippen LogP contribution in [0.1, 0.15) is 33.5 Å². The maximum absolute atomic E-state index is 14.0. The minimum Gasteiger partial charge on any atom is -0.488 e. The Morgan fingerprint density at radius 1 is 1.19 bits per heavy atom. The molecule has 0 radical (unpaired) electrons. The van der Waals surface area contributed by atoms with E-state index in [9.17, 15) is 19.2 Å². The molecule has 0 fully saturated rings. The minimum absolute atomic E-state index is 0.00931. The van der Waals surface area contributed by atoms with E-state index in [-0.39, 0.29) is 35.6 Å². The molecule has 0 saturated carbocycles. The molecule has 3 aromatic rings. The van der Waals surface area contributed by atoms with Crippen molar-refractivity contribution in [1.29, 1.82) is 5.26 Å². The van der Waals surface area contributed by atoms with Gasteiger partial charge in [0.15, 0.2) is 5.78 Å². The largest absolute Gasteiger partial charge is 0.488 e. The number of nitrogens with zero attached hydrogens (tertiary/aromatic N) is 2. The zero-order chi connectivity index (χ0) is 23.1. The molecule has 0 amide bonds. The van der Waals surface area contributed by atoms with Crippen LogP contribution in [-0.4, -0.2) is 24.1 Å². The predicted molar refractivity (Wildman–Crippen MR) is 118 cm³/mol. The fraction of sp³-hybridized carbons (Fsp3) is 0.208. The summed E-state index contributed by atoms with van der Waals surface area (Å²) >= 11 is 5.89. The first kappa shape index (κ1) is 23.2. The number of ketones is 1. The molecule has 0 atom stereocenters. The van der Waals surface area contributed by atoms with Crippen molar-refractivity contribution in [3.63, 3.8) is 0 Å². The lowest BCUT2D eigenvalue weighted by molar-refractivity contribution is 0.103. The Balaban J connectivity index is 1.93. The normalized spacial score (nSPS) is 10.6. The van der Waals surface area contributed by atoms with Gasteiger partial charge in [-0.15, -0.1) is 0 Å². The first-order valence-corrected chi connectivity index (χ1v) is 10.2. The molecule has 0 bridgehead atoms. The summed E-state index contributed by atoms with van der Waals surface area (Å²) in [5, 5.41) is 9.91. The molecule has 1 aromatic heterocycles. The van der Waals surface area contributed by atoms with Crippen molar-refractivity contribution in [2.45, 2.75) is 19.6 Å². The number of methoxy groups -OCH3 is 1. The van der Waals surface area contributed by atoms with Crippen molar-refractivity contribution in [1.82, 2.24) is 4.57 Å². The van der Waals surface area contributed by atoms with E-state index in [0.29, 0.717) is 18.1 Å². The third-order valence-corrected chi connectivity index (χ3v) is 4.96. The van der Waals surface area contributed by atoms with Crippen LogP contribution < -0.4 is 10.3 Å². The van der Waals surface area contributed by atoms with Gasteiger partial charge < -0.3 is 14.0 Å². The number of aromatic nitrogens is 1. The second kappa shape index (κ2) is 10.7. The number of rotatable bonds is 9. The van der Waals surface area contributed by atoms with Gasteiger partial charge in [-0.1, -0.05) is 23.7 Å². The zero-order valence-electron chi connectivity index (χ0n) is 17.3. The Morgan fingerprint density at radius 2 is 1.94 bits per heavy atom. The lowest BCUT2D eigenvalue weighted by atomic mass is 10.0. The van der Waals surface area contributed by atoms with Crippen LogP contribution in [0.4, 0.5) is 4.39 Å². The second-order valence-corrected chi connectivity index (χ2v) is 7.42. The molecule has 32 heavy (non-hydrogen) atoms. The van der Waals surface area contributed by atoms with Gasteiger partial charge in [0.25, 0.3) is 5.56 Å². The molecule has 2 aromatic carbocycles. The van der Waals surface area contributed by atoms with Gasteiger partial charge in [0.1, 0.15) is 29.8 Å². The van der Waals surface area contributed by atoms with Crippen LogP contribution in [0.2, 0.25) is 5.02 Å². The first-order valence-electron chi connectivity index (χ1n) is 9.78. The summed E-state index contributed by atoms with van der Waals surface area (Å²) in [5.41, 5.74) is 0.216. The van der Waals surface area contributed by atoms with Crippen LogP contribution in [0, 0.1) is 17.1 Å². The molecular weight excluding hydrogens is 435 g/mol. The topological polar surface area (TPSA) is 81.3 Å². The quantitative estimate of drug-likeness (QED) is 0.354. The minimum atomic E-state index is -0.610. The van der Waals surface area contributed by atoms with E-state index in [1.54, 1.807) is 31.4 Å². The summed E-state index contributed by atoms with van der Waals surface area (Å²) in [5.74, 6) is -0.990. The number of carbonyl (C=O) groups is 1. The Labute approximate surface area is 189 Å². The Hall–Kier alpha value is -3.47. The molecule has 3 rings (SSSR count). The fourth-order valence-corrected chi connectivity index (χ4v) is 3.21. The van der Waals surface area contributed by atoms with E-state index < -0.39 is 17.2 Å². The van der Waals surface area contributed by atoms with Gasteiger partial charge >= 0.3 is 0 Å². The van der Waals surface area contributed by atoms with Crippen molar-refractivity contribution in [2.75, 3.05) is 13.7 Å². The maximum atomic E-state index is 14.0. The molecule has 6 nitrogen and oxygen atoms in total. The third kappa shape index (κ3) is 5.61. The van der Waals surface area contributed by atoms with Gasteiger partial charge in [-0.05, 0) is 48.4 Å². The number of nitriles is 1. The van der Waals surface area contributed by atoms with Crippen molar-refractivity contribution in [3.8, 4) is 11.8 Å². The molecule has 0 N–H and O–H groups in total. The number of hydrogen-bond donors (Lipinski definition) is 0. The van der Waals surface area contributed by atoms with E-state index in [0.717, 1.165) is 11.6 Å². The highest BCUT2D eigenvalue weighted by Crippen LogP contribution is 2.24. The number of benzene rings is 2. The van der Waals surface area contributed by atoms with E-state index in [1.807, 2.05) is 6.07 Å². The Morgan fingerprint density at radius 3 is 2.62 bits per heavy atom. The summed E-state index contributed by atoms with van der Waals surface area (Å²) in [6.45, 7) is 0.827. The van der Waals surface area contributed by atoms with Crippen molar-refractivity contribution in [3.05, 3.63) is 98.2 Å². The molecular formula is C24H20ClFN2O4. The summed E-state index contributed by atoms with van der Waals surface area (Å²) < 4.78 is 26.0. The van der Waals surface area contributed by atoms with Crippen LogP contribution >= 0.6 is 11.6 Å². The number of hydrogen-bond acceptors (Lipinski definition) is 5. The number of pyridine rings is 1. The molecule has 8 heteroatoms. The molecule has 0 unspecified atom stereocenters. The summed E-state index contributed by atoms with van der Waals surface area (Å²) in [6.07, 6.45) is 1.89. The zero-order valence-corrected chi connectivity index (χ0v) is 18.1. The average molecular weight is 455 g/mol. The molecule has 0 aliphatic carbocycles. The monoisotopic (exact) mass is 454 g/mol. The predicted octanol–water partition coefficient (Wildman–Crippen LogP) is 4.36. The number of ether oxygens (including phenoxy) is 2. The van der Waals surface area contributed by atoms with Crippen LogP contribution in [-0.2, 0) is 17.9 Å². The highest BCUT2D eigenvalue weighted by atomic mass is 35.5. The van der Waals surface area contributed by atoms with E-state index in [1.165, 1.54) is 29.0 Å². The standard InChI is InChI=1S/C24H20ClFN2O4/c1-31-10-2-9-28-14-18(11-17(13-27)24(28)30)23(29)21-12-20(26)7-8-22(21)32-15-16-3-5-19(25)6-4-16/h3-8,11-12,14H,2,9-10,15H2,1H3. The molecule has 1 heterocycles. The van der Waals surface area contributed by atoms with Crippen molar-refractivity contribution < 1.29 is 18.7 Å². The lowest BCUT2D eigenvalue weighted by Crippen LogP contribution is -2.24. The Kier molecular flexibility index (Phi) is 7.77. The van der Waals surface area contributed by atoms with Gasteiger partial charge in [-0.2, -0.15) is 5.26 Å². The fourth-order valence-electron chi connectivity index (χ4n) is 3.09. The molecule has 0 aliphatic rings. The number of halogens is 2. The van der Waals surface area contributed by atoms with Crippen molar-refractivity contribution >= 4 is 17.4 Å². The van der Waals surface area contributed by atoms with Gasteiger partial charge in [-0.3, -0.25) is 9.59 Å². The van der Waals surface area contributed by atoms with E-state index in [4.69, 9.17) is 21.1 Å². The maximum Gasteiger partial charge on any atom is 0.268 e. The summed E-state index contributed by atoms with van der Waals surface area (Å²) in [7, 11) is 1.54. The van der Waals surface area contributed by atoms with E-state index >= 15 is 0 Å². The molecule has 164 valence electrons. The third-order valence-electron chi connectivity index (χ3n) is 4.71. The van der Waals surface area contributed by atoms with Crippen LogP contribution in [0.25, 0.3) is 0 Å². The van der Waals surface area contributed by atoms with Crippen LogP contribution in [0.3, 0.4) is 0 Å². The summed E-state index contributed by atoms with van der Waals surface area (Å²) in [4.78, 5) is 25.6. The Bertz CT molecular complexity index is 1220. The average Bonchev–Trinajstić information content (AvgIpc) is 2.80.